The summed E-state index contributed by atoms with van der Waals surface area (Å²) in [5.41, 5.74) is 2.10. The molecule has 2 atom stereocenters. The van der Waals surface area contributed by atoms with Crippen LogP contribution in [0.15, 0.2) is 55.1 Å². The van der Waals surface area contributed by atoms with E-state index in [1.165, 1.54) is 12.7 Å². The third kappa shape index (κ3) is 3.15. The van der Waals surface area contributed by atoms with Crippen molar-refractivity contribution < 1.29 is 14.6 Å². The highest BCUT2D eigenvalue weighted by atomic mass is 16.5. The molecule has 1 N–H and O–H groups in total. The van der Waals surface area contributed by atoms with Gasteiger partial charge < -0.3 is 19.1 Å². The lowest BCUT2D eigenvalue weighted by atomic mass is 9.95. The number of aromatic hydroxyl groups is 1. The molecule has 1 aliphatic rings. The van der Waals surface area contributed by atoms with E-state index in [2.05, 4.69) is 14.5 Å². The van der Waals surface area contributed by atoms with Gasteiger partial charge in [-0.25, -0.2) is 4.98 Å². The molecule has 3 aromatic rings. The molecule has 0 spiro atoms. The number of phenols is 1. The summed E-state index contributed by atoms with van der Waals surface area (Å²) in [5.74, 6) is 1.73. The molecule has 0 radical (unpaired) electrons. The number of hydrogen-bond acceptors (Lipinski definition) is 5. The maximum absolute atomic E-state index is 10.1. The van der Waals surface area contributed by atoms with E-state index in [0.717, 1.165) is 24.4 Å². The van der Waals surface area contributed by atoms with Gasteiger partial charge in [0.1, 0.15) is 5.82 Å². The second kappa shape index (κ2) is 7.17. The number of nitrogens with zero attached hydrogens (tertiary/aromatic N) is 3. The molecule has 6 nitrogen and oxygen atoms in total. The predicted octanol–water partition coefficient (Wildman–Crippen LogP) is 3.09. The summed E-state index contributed by atoms with van der Waals surface area (Å²) >= 11 is 0. The molecule has 2 aromatic heterocycles. The first-order valence-electron chi connectivity index (χ1n) is 8.63. The SMILES string of the molecule is COc1ccc(-c2nccn2[C@@H]2COC[C@@H]2Cc2ccncc2)cc1O. The molecule has 1 aromatic carbocycles. The zero-order valence-corrected chi connectivity index (χ0v) is 14.6. The number of phenolic OH excluding ortho intramolecular Hbond substituents is 1. The van der Waals surface area contributed by atoms with E-state index in [9.17, 15) is 5.11 Å². The standard InChI is InChI=1S/C20H21N3O3/c1-25-19-3-2-15(11-18(19)24)20-22-8-9-23(20)17-13-26-12-16(17)10-14-4-6-21-7-5-14/h2-9,11,16-17,24H,10,12-13H2,1H3/t16-,17+/m0/s1. The highest BCUT2D eigenvalue weighted by Crippen LogP contribution is 2.35. The Balaban J connectivity index is 1.62. The molecule has 0 amide bonds. The van der Waals surface area contributed by atoms with Gasteiger partial charge in [-0.2, -0.15) is 0 Å². The summed E-state index contributed by atoms with van der Waals surface area (Å²) in [7, 11) is 1.54. The van der Waals surface area contributed by atoms with Gasteiger partial charge in [-0.3, -0.25) is 4.98 Å². The number of ether oxygens (including phenoxy) is 2. The van der Waals surface area contributed by atoms with Crippen LogP contribution in [0.5, 0.6) is 11.5 Å². The van der Waals surface area contributed by atoms with Crippen LogP contribution >= 0.6 is 0 Å². The van der Waals surface area contributed by atoms with Crippen LogP contribution in [-0.2, 0) is 11.2 Å². The Morgan fingerprint density at radius 3 is 2.81 bits per heavy atom. The van der Waals surface area contributed by atoms with Gasteiger partial charge in [0.2, 0.25) is 0 Å². The topological polar surface area (TPSA) is 69.4 Å². The molecule has 0 aliphatic carbocycles. The fourth-order valence-electron chi connectivity index (χ4n) is 3.54. The number of pyridine rings is 1. The van der Waals surface area contributed by atoms with E-state index >= 15 is 0 Å². The monoisotopic (exact) mass is 351 g/mol. The van der Waals surface area contributed by atoms with Gasteiger partial charge in [-0.05, 0) is 42.3 Å². The number of hydrogen-bond donors (Lipinski definition) is 1. The van der Waals surface area contributed by atoms with Crippen LogP contribution in [0.3, 0.4) is 0 Å². The van der Waals surface area contributed by atoms with Crippen molar-refractivity contribution in [3.05, 3.63) is 60.7 Å². The third-order valence-electron chi connectivity index (χ3n) is 4.87. The Bertz CT molecular complexity index is 879. The number of methoxy groups -OCH3 is 1. The lowest BCUT2D eigenvalue weighted by Gasteiger charge is -2.21. The molecule has 26 heavy (non-hydrogen) atoms. The second-order valence-electron chi connectivity index (χ2n) is 6.47. The number of imidazole rings is 1. The van der Waals surface area contributed by atoms with E-state index in [1.807, 2.05) is 36.8 Å². The number of rotatable bonds is 5. The normalized spacial score (nSPS) is 19.6. The van der Waals surface area contributed by atoms with E-state index < -0.39 is 0 Å². The lowest BCUT2D eigenvalue weighted by Crippen LogP contribution is -2.20. The maximum atomic E-state index is 10.1. The Kier molecular flexibility index (Phi) is 4.58. The van der Waals surface area contributed by atoms with Crippen molar-refractivity contribution >= 4 is 0 Å². The van der Waals surface area contributed by atoms with Crippen molar-refractivity contribution in [2.75, 3.05) is 20.3 Å². The number of aromatic nitrogens is 3. The van der Waals surface area contributed by atoms with E-state index in [-0.39, 0.29) is 11.8 Å². The molecule has 0 saturated carbocycles. The fourth-order valence-corrected chi connectivity index (χ4v) is 3.54. The van der Waals surface area contributed by atoms with Gasteiger partial charge in [0.25, 0.3) is 0 Å². The Morgan fingerprint density at radius 2 is 2.04 bits per heavy atom. The Hall–Kier alpha value is -2.86. The minimum Gasteiger partial charge on any atom is -0.504 e. The zero-order valence-electron chi connectivity index (χ0n) is 14.6. The van der Waals surface area contributed by atoms with Crippen molar-refractivity contribution in [3.8, 4) is 22.9 Å². The van der Waals surface area contributed by atoms with Crippen molar-refractivity contribution in [1.82, 2.24) is 14.5 Å². The van der Waals surface area contributed by atoms with Crippen molar-refractivity contribution in [2.45, 2.75) is 12.5 Å². The first-order chi connectivity index (χ1) is 12.8. The quantitative estimate of drug-likeness (QED) is 0.765. The molecule has 0 unspecified atom stereocenters. The first kappa shape index (κ1) is 16.6. The average molecular weight is 351 g/mol. The molecular weight excluding hydrogens is 330 g/mol. The fraction of sp³-hybridized carbons (Fsp3) is 0.300. The van der Waals surface area contributed by atoms with E-state index in [0.29, 0.717) is 18.3 Å². The van der Waals surface area contributed by atoms with E-state index in [1.54, 1.807) is 18.3 Å². The molecule has 4 rings (SSSR count). The highest BCUT2D eigenvalue weighted by Gasteiger charge is 2.31. The smallest absolute Gasteiger partial charge is 0.160 e. The molecule has 1 saturated heterocycles. The molecule has 0 bridgehead atoms. The van der Waals surface area contributed by atoms with Crippen LogP contribution in [0.2, 0.25) is 0 Å². The molecule has 3 heterocycles. The third-order valence-corrected chi connectivity index (χ3v) is 4.87. The zero-order chi connectivity index (χ0) is 17.9. The molecule has 1 fully saturated rings. The van der Waals surface area contributed by atoms with Crippen molar-refractivity contribution in [1.29, 1.82) is 0 Å². The van der Waals surface area contributed by atoms with Gasteiger partial charge in [0.15, 0.2) is 11.5 Å². The first-order valence-corrected chi connectivity index (χ1v) is 8.63. The molecule has 6 heteroatoms. The molecule has 1 aliphatic heterocycles. The van der Waals surface area contributed by atoms with Crippen LogP contribution in [0.4, 0.5) is 0 Å². The van der Waals surface area contributed by atoms with Crippen molar-refractivity contribution in [3.63, 3.8) is 0 Å². The summed E-state index contributed by atoms with van der Waals surface area (Å²) in [6.45, 7) is 1.37. The van der Waals surface area contributed by atoms with E-state index in [4.69, 9.17) is 9.47 Å². The summed E-state index contributed by atoms with van der Waals surface area (Å²) in [5, 5.41) is 10.1. The van der Waals surface area contributed by atoms with Gasteiger partial charge in [0, 0.05) is 36.3 Å². The Morgan fingerprint density at radius 1 is 1.19 bits per heavy atom. The largest absolute Gasteiger partial charge is 0.504 e. The summed E-state index contributed by atoms with van der Waals surface area (Å²) in [6, 6.07) is 9.64. The van der Waals surface area contributed by atoms with Crippen LogP contribution in [0.25, 0.3) is 11.4 Å². The van der Waals surface area contributed by atoms with Crippen LogP contribution < -0.4 is 4.74 Å². The van der Waals surface area contributed by atoms with Crippen LogP contribution in [-0.4, -0.2) is 40.0 Å². The van der Waals surface area contributed by atoms with Gasteiger partial charge >= 0.3 is 0 Å². The summed E-state index contributed by atoms with van der Waals surface area (Å²) in [6.07, 6.45) is 8.35. The predicted molar refractivity (Wildman–Crippen MR) is 97.2 cm³/mol. The van der Waals surface area contributed by atoms with Gasteiger partial charge in [-0.1, -0.05) is 0 Å². The highest BCUT2D eigenvalue weighted by molar-refractivity contribution is 5.61. The lowest BCUT2D eigenvalue weighted by molar-refractivity contribution is 0.181. The summed E-state index contributed by atoms with van der Waals surface area (Å²) in [4.78, 5) is 8.60. The van der Waals surface area contributed by atoms with Crippen molar-refractivity contribution in [2.24, 2.45) is 5.92 Å². The molecule has 134 valence electrons. The number of benzene rings is 1. The Labute approximate surface area is 152 Å². The molecular formula is C20H21N3O3. The maximum Gasteiger partial charge on any atom is 0.160 e. The van der Waals surface area contributed by atoms with Crippen LogP contribution in [0.1, 0.15) is 11.6 Å². The average Bonchev–Trinajstić information content (AvgIpc) is 3.31. The van der Waals surface area contributed by atoms with Crippen LogP contribution in [0, 0.1) is 5.92 Å². The van der Waals surface area contributed by atoms with Gasteiger partial charge in [0.05, 0.1) is 26.4 Å². The summed E-state index contributed by atoms with van der Waals surface area (Å²) < 4.78 is 13.1. The second-order valence-corrected chi connectivity index (χ2v) is 6.47. The minimum absolute atomic E-state index is 0.107. The minimum atomic E-state index is 0.107. The van der Waals surface area contributed by atoms with Gasteiger partial charge in [-0.15, -0.1) is 0 Å².